The predicted octanol–water partition coefficient (Wildman–Crippen LogP) is 4.41. The molecule has 1 aromatic carbocycles. The summed E-state index contributed by atoms with van der Waals surface area (Å²) >= 11 is 5.53. The van der Waals surface area contributed by atoms with Crippen LogP contribution in [0.3, 0.4) is 0 Å². The molecule has 0 saturated heterocycles. The van der Waals surface area contributed by atoms with Gasteiger partial charge in [-0.3, -0.25) is 0 Å². The van der Waals surface area contributed by atoms with E-state index in [-0.39, 0.29) is 0 Å². The highest BCUT2D eigenvalue weighted by atomic mass is 32.2. The first-order valence-electron chi connectivity index (χ1n) is 4.55. The second-order valence-electron chi connectivity index (χ2n) is 2.86. The number of thioether (sulfide) groups is 3. The minimum absolute atomic E-state index is 1.13. The molecule has 0 spiro atoms. The van der Waals surface area contributed by atoms with Crippen molar-refractivity contribution < 1.29 is 0 Å². The molecule has 0 amide bonds. The SMILES string of the molecule is CCc1c(SC)cc(SC)cc1SC. The van der Waals surface area contributed by atoms with Gasteiger partial charge in [0.25, 0.3) is 0 Å². The average Bonchev–Trinajstić information content (AvgIpc) is 2.26. The maximum Gasteiger partial charge on any atom is 0.0123 e. The van der Waals surface area contributed by atoms with E-state index in [0.29, 0.717) is 0 Å². The lowest BCUT2D eigenvalue weighted by atomic mass is 10.2. The molecule has 3 heteroatoms. The van der Waals surface area contributed by atoms with Crippen molar-refractivity contribution in [1.82, 2.24) is 0 Å². The largest absolute Gasteiger partial charge is 0.130 e. The fourth-order valence-corrected chi connectivity index (χ4v) is 3.60. The molecule has 14 heavy (non-hydrogen) atoms. The Morgan fingerprint density at radius 3 is 1.71 bits per heavy atom. The fraction of sp³-hybridized carbons (Fsp3) is 0.455. The van der Waals surface area contributed by atoms with E-state index in [1.165, 1.54) is 20.2 Å². The van der Waals surface area contributed by atoms with Gasteiger partial charge < -0.3 is 0 Å². The van der Waals surface area contributed by atoms with E-state index in [2.05, 4.69) is 37.8 Å². The molecule has 0 heterocycles. The Kier molecular flexibility index (Phi) is 5.28. The summed E-state index contributed by atoms with van der Waals surface area (Å²) in [6.45, 7) is 2.23. The molecule has 0 unspecified atom stereocenters. The third kappa shape index (κ3) is 2.65. The first-order valence-corrected chi connectivity index (χ1v) is 8.23. The molecule has 0 nitrogen and oxygen atoms in total. The van der Waals surface area contributed by atoms with Gasteiger partial charge in [-0.2, -0.15) is 0 Å². The Morgan fingerprint density at radius 1 is 0.929 bits per heavy atom. The monoisotopic (exact) mass is 244 g/mol. The molecular weight excluding hydrogens is 228 g/mol. The van der Waals surface area contributed by atoms with Gasteiger partial charge in [0.2, 0.25) is 0 Å². The quantitative estimate of drug-likeness (QED) is 0.720. The molecule has 0 aromatic heterocycles. The van der Waals surface area contributed by atoms with E-state index < -0.39 is 0 Å². The second kappa shape index (κ2) is 5.99. The van der Waals surface area contributed by atoms with Crippen LogP contribution in [0.15, 0.2) is 26.8 Å². The molecule has 0 atom stereocenters. The van der Waals surface area contributed by atoms with Gasteiger partial charge >= 0.3 is 0 Å². The fourth-order valence-electron chi connectivity index (χ4n) is 1.43. The van der Waals surface area contributed by atoms with Gasteiger partial charge in [-0.05, 0) is 42.9 Å². The predicted molar refractivity (Wildman–Crippen MR) is 71.2 cm³/mol. The van der Waals surface area contributed by atoms with Crippen LogP contribution in [0, 0.1) is 0 Å². The zero-order valence-electron chi connectivity index (χ0n) is 9.09. The number of hydrogen-bond donors (Lipinski definition) is 0. The van der Waals surface area contributed by atoms with E-state index in [4.69, 9.17) is 0 Å². The van der Waals surface area contributed by atoms with Crippen LogP contribution < -0.4 is 0 Å². The van der Waals surface area contributed by atoms with Crippen LogP contribution in [0.5, 0.6) is 0 Å². The summed E-state index contributed by atoms with van der Waals surface area (Å²) in [6.07, 6.45) is 7.57. The highest BCUT2D eigenvalue weighted by Crippen LogP contribution is 2.34. The standard InChI is InChI=1S/C11H16S3/c1-5-9-10(13-3)6-8(12-2)7-11(9)14-4/h6-7H,5H2,1-4H3. The number of rotatable bonds is 4. The van der Waals surface area contributed by atoms with E-state index in [1.807, 2.05) is 35.3 Å². The molecule has 0 aliphatic rings. The molecule has 0 aliphatic carbocycles. The van der Waals surface area contributed by atoms with Gasteiger partial charge in [-0.1, -0.05) is 6.92 Å². The van der Waals surface area contributed by atoms with Crippen molar-refractivity contribution in [2.45, 2.75) is 28.0 Å². The van der Waals surface area contributed by atoms with Crippen LogP contribution in [0.1, 0.15) is 12.5 Å². The molecule has 0 fully saturated rings. The van der Waals surface area contributed by atoms with Crippen LogP contribution >= 0.6 is 35.3 Å². The van der Waals surface area contributed by atoms with Crippen molar-refractivity contribution in [3.05, 3.63) is 17.7 Å². The summed E-state index contributed by atoms with van der Waals surface area (Å²) < 4.78 is 0. The minimum atomic E-state index is 1.13. The summed E-state index contributed by atoms with van der Waals surface area (Å²) in [5.41, 5.74) is 1.50. The lowest BCUT2D eigenvalue weighted by Gasteiger charge is -2.12. The van der Waals surface area contributed by atoms with Crippen LogP contribution in [-0.2, 0) is 6.42 Å². The van der Waals surface area contributed by atoms with Crippen molar-refractivity contribution >= 4 is 35.3 Å². The summed E-state index contributed by atoms with van der Waals surface area (Å²) in [5, 5.41) is 0. The van der Waals surface area contributed by atoms with Crippen molar-refractivity contribution in [1.29, 1.82) is 0 Å². The minimum Gasteiger partial charge on any atom is -0.130 e. The maximum atomic E-state index is 2.30. The highest BCUT2D eigenvalue weighted by molar-refractivity contribution is 8.00. The summed E-state index contributed by atoms with van der Waals surface area (Å²) in [6, 6.07) is 4.60. The zero-order chi connectivity index (χ0) is 10.6. The first-order chi connectivity index (χ1) is 6.76. The molecule has 1 aromatic rings. The average molecular weight is 244 g/mol. The van der Waals surface area contributed by atoms with Crippen LogP contribution in [0.25, 0.3) is 0 Å². The molecule has 0 N–H and O–H groups in total. The normalized spacial score (nSPS) is 10.6. The van der Waals surface area contributed by atoms with Crippen molar-refractivity contribution in [3.63, 3.8) is 0 Å². The van der Waals surface area contributed by atoms with Crippen LogP contribution in [-0.4, -0.2) is 18.8 Å². The Hall–Kier alpha value is 0.270. The van der Waals surface area contributed by atoms with Crippen molar-refractivity contribution in [2.75, 3.05) is 18.8 Å². The van der Waals surface area contributed by atoms with Gasteiger partial charge in [0.1, 0.15) is 0 Å². The second-order valence-corrected chi connectivity index (χ2v) is 5.44. The van der Waals surface area contributed by atoms with E-state index >= 15 is 0 Å². The third-order valence-electron chi connectivity index (χ3n) is 2.17. The summed E-state index contributed by atoms with van der Waals surface area (Å²) in [4.78, 5) is 4.24. The van der Waals surface area contributed by atoms with E-state index in [1.54, 1.807) is 0 Å². The Morgan fingerprint density at radius 2 is 1.43 bits per heavy atom. The third-order valence-corrected chi connectivity index (χ3v) is 4.49. The molecular formula is C11H16S3. The summed E-state index contributed by atoms with van der Waals surface area (Å²) in [5.74, 6) is 0. The number of benzene rings is 1. The number of hydrogen-bond acceptors (Lipinski definition) is 3. The van der Waals surface area contributed by atoms with Gasteiger partial charge in [0.15, 0.2) is 0 Å². The van der Waals surface area contributed by atoms with Crippen LogP contribution in [0.4, 0.5) is 0 Å². The van der Waals surface area contributed by atoms with Gasteiger partial charge in [0, 0.05) is 14.7 Å². The molecule has 0 aliphatic heterocycles. The Bertz CT molecular complexity index is 282. The van der Waals surface area contributed by atoms with E-state index in [0.717, 1.165) is 6.42 Å². The topological polar surface area (TPSA) is 0 Å². The Balaban J connectivity index is 3.24. The van der Waals surface area contributed by atoms with Gasteiger partial charge in [-0.15, -0.1) is 35.3 Å². The van der Waals surface area contributed by atoms with Gasteiger partial charge in [0.05, 0.1) is 0 Å². The molecule has 78 valence electrons. The first kappa shape index (κ1) is 12.3. The molecule has 1 rings (SSSR count). The molecule has 0 radical (unpaired) electrons. The smallest absolute Gasteiger partial charge is 0.0123 e. The zero-order valence-corrected chi connectivity index (χ0v) is 11.5. The lowest BCUT2D eigenvalue weighted by molar-refractivity contribution is 1.01. The molecule has 0 saturated carbocycles. The van der Waals surface area contributed by atoms with Crippen LogP contribution in [0.2, 0.25) is 0 Å². The Labute approximate surface area is 99.6 Å². The maximum absolute atomic E-state index is 2.30. The highest BCUT2D eigenvalue weighted by Gasteiger charge is 2.07. The van der Waals surface area contributed by atoms with Crippen molar-refractivity contribution in [3.8, 4) is 0 Å². The summed E-state index contributed by atoms with van der Waals surface area (Å²) in [7, 11) is 0. The van der Waals surface area contributed by atoms with Crippen molar-refractivity contribution in [2.24, 2.45) is 0 Å². The lowest BCUT2D eigenvalue weighted by Crippen LogP contribution is -1.90. The molecule has 0 bridgehead atoms. The van der Waals surface area contributed by atoms with E-state index in [9.17, 15) is 0 Å². The van der Waals surface area contributed by atoms with Gasteiger partial charge in [-0.25, -0.2) is 0 Å².